The molecule has 0 radical (unpaired) electrons. The summed E-state index contributed by atoms with van der Waals surface area (Å²) < 4.78 is 5.94. The number of benzene rings is 2. The fourth-order valence-corrected chi connectivity index (χ4v) is 2.73. The van der Waals surface area contributed by atoms with E-state index in [9.17, 15) is 4.79 Å². The Morgan fingerprint density at radius 2 is 1.71 bits per heavy atom. The molecule has 2 aromatic rings. The minimum absolute atomic E-state index is 0.0679. The SMILES string of the molecule is CC[C@@H](Oc1ccccc1C)C(=O)NC(C)(C)Cc1ccccc1. The van der Waals surface area contributed by atoms with Crippen LogP contribution in [0.3, 0.4) is 0 Å². The fraction of sp³-hybridized carbons (Fsp3) is 0.381. The average Bonchev–Trinajstić information content (AvgIpc) is 2.54. The van der Waals surface area contributed by atoms with E-state index in [0.717, 1.165) is 17.7 Å². The summed E-state index contributed by atoms with van der Waals surface area (Å²) in [5.41, 5.74) is 1.91. The lowest BCUT2D eigenvalue weighted by Crippen LogP contribution is -2.50. The van der Waals surface area contributed by atoms with Gasteiger partial charge in [0.2, 0.25) is 0 Å². The smallest absolute Gasteiger partial charge is 0.261 e. The van der Waals surface area contributed by atoms with Gasteiger partial charge in [-0.2, -0.15) is 0 Å². The molecule has 24 heavy (non-hydrogen) atoms. The lowest BCUT2D eigenvalue weighted by molar-refractivity contribution is -0.129. The number of hydrogen-bond acceptors (Lipinski definition) is 2. The van der Waals surface area contributed by atoms with Crippen molar-refractivity contribution >= 4 is 5.91 Å². The highest BCUT2D eigenvalue weighted by molar-refractivity contribution is 5.81. The fourth-order valence-electron chi connectivity index (χ4n) is 2.73. The molecule has 1 N–H and O–H groups in total. The normalized spacial score (nSPS) is 12.5. The molecule has 2 rings (SSSR count). The summed E-state index contributed by atoms with van der Waals surface area (Å²) >= 11 is 0. The minimum atomic E-state index is -0.485. The molecule has 0 aliphatic rings. The molecule has 1 atom stereocenters. The number of carbonyl (C=O) groups excluding carboxylic acids is 1. The summed E-state index contributed by atoms with van der Waals surface area (Å²) in [5.74, 6) is 0.696. The molecule has 0 spiro atoms. The van der Waals surface area contributed by atoms with Crippen LogP contribution in [0.25, 0.3) is 0 Å². The van der Waals surface area contributed by atoms with Crippen LogP contribution >= 0.6 is 0 Å². The molecule has 0 aliphatic heterocycles. The average molecular weight is 325 g/mol. The van der Waals surface area contributed by atoms with Gasteiger partial charge in [-0.25, -0.2) is 0 Å². The maximum atomic E-state index is 12.7. The molecule has 0 saturated carbocycles. The van der Waals surface area contributed by atoms with Crippen molar-refractivity contribution in [3.8, 4) is 5.75 Å². The van der Waals surface area contributed by atoms with Crippen LogP contribution < -0.4 is 10.1 Å². The predicted molar refractivity (Wildman–Crippen MR) is 98.3 cm³/mol. The number of aryl methyl sites for hydroxylation is 1. The Labute approximate surface area is 145 Å². The molecule has 0 unspecified atom stereocenters. The van der Waals surface area contributed by atoms with Crippen molar-refractivity contribution in [2.24, 2.45) is 0 Å². The highest BCUT2D eigenvalue weighted by atomic mass is 16.5. The predicted octanol–water partition coefficient (Wildman–Crippen LogP) is 4.29. The van der Waals surface area contributed by atoms with E-state index in [1.165, 1.54) is 5.56 Å². The van der Waals surface area contributed by atoms with Gasteiger partial charge in [-0.05, 0) is 50.8 Å². The van der Waals surface area contributed by atoms with Crippen molar-refractivity contribution in [3.63, 3.8) is 0 Å². The minimum Gasteiger partial charge on any atom is -0.480 e. The molecule has 0 saturated heterocycles. The van der Waals surface area contributed by atoms with E-state index in [4.69, 9.17) is 4.74 Å². The van der Waals surface area contributed by atoms with Gasteiger partial charge in [0, 0.05) is 5.54 Å². The third-order valence-corrected chi connectivity index (χ3v) is 3.98. The number of para-hydroxylation sites is 1. The first-order valence-electron chi connectivity index (χ1n) is 8.49. The molecule has 1 amide bonds. The lowest BCUT2D eigenvalue weighted by atomic mass is 9.94. The van der Waals surface area contributed by atoms with E-state index >= 15 is 0 Å². The second-order valence-corrected chi connectivity index (χ2v) is 6.82. The first-order valence-corrected chi connectivity index (χ1v) is 8.49. The van der Waals surface area contributed by atoms with Crippen LogP contribution in [0.2, 0.25) is 0 Å². The zero-order valence-corrected chi connectivity index (χ0v) is 15.0. The van der Waals surface area contributed by atoms with Crippen molar-refractivity contribution in [2.45, 2.75) is 52.2 Å². The molecule has 3 heteroatoms. The monoisotopic (exact) mass is 325 g/mol. The standard InChI is InChI=1S/C21H27NO2/c1-5-18(24-19-14-10-9-11-16(19)2)20(23)22-21(3,4)15-17-12-7-6-8-13-17/h6-14,18H,5,15H2,1-4H3,(H,22,23)/t18-/m1/s1. The third-order valence-electron chi connectivity index (χ3n) is 3.98. The molecule has 0 aliphatic carbocycles. The summed E-state index contributed by atoms with van der Waals surface area (Å²) in [4.78, 5) is 12.7. The lowest BCUT2D eigenvalue weighted by Gasteiger charge is -2.29. The van der Waals surface area contributed by atoms with Crippen LogP contribution in [0.4, 0.5) is 0 Å². The zero-order chi connectivity index (χ0) is 17.6. The van der Waals surface area contributed by atoms with Gasteiger partial charge >= 0.3 is 0 Å². The van der Waals surface area contributed by atoms with Gasteiger partial charge in [-0.15, -0.1) is 0 Å². The van der Waals surface area contributed by atoms with Crippen LogP contribution in [0, 0.1) is 6.92 Å². The molecule has 0 fully saturated rings. The molecular formula is C21H27NO2. The first-order chi connectivity index (χ1) is 11.4. The van der Waals surface area contributed by atoms with Crippen molar-refractivity contribution in [3.05, 3.63) is 65.7 Å². The Morgan fingerprint density at radius 3 is 2.33 bits per heavy atom. The van der Waals surface area contributed by atoms with E-state index in [1.807, 2.05) is 70.2 Å². The van der Waals surface area contributed by atoms with E-state index < -0.39 is 6.10 Å². The van der Waals surface area contributed by atoms with Gasteiger partial charge < -0.3 is 10.1 Å². The maximum absolute atomic E-state index is 12.7. The number of nitrogens with one attached hydrogen (secondary N) is 1. The highest BCUT2D eigenvalue weighted by Gasteiger charge is 2.26. The second-order valence-electron chi connectivity index (χ2n) is 6.82. The van der Waals surface area contributed by atoms with E-state index in [-0.39, 0.29) is 11.4 Å². The van der Waals surface area contributed by atoms with Gasteiger partial charge in [-0.1, -0.05) is 55.5 Å². The van der Waals surface area contributed by atoms with Gasteiger partial charge in [0.05, 0.1) is 0 Å². The van der Waals surface area contributed by atoms with Crippen molar-refractivity contribution in [2.75, 3.05) is 0 Å². The summed E-state index contributed by atoms with van der Waals surface area (Å²) in [7, 11) is 0. The van der Waals surface area contributed by atoms with Crippen LogP contribution in [0.15, 0.2) is 54.6 Å². The molecule has 0 heterocycles. The topological polar surface area (TPSA) is 38.3 Å². The van der Waals surface area contributed by atoms with Crippen molar-refractivity contribution in [1.82, 2.24) is 5.32 Å². The summed E-state index contributed by atoms with van der Waals surface area (Å²) in [6, 6.07) is 18.0. The maximum Gasteiger partial charge on any atom is 0.261 e. The van der Waals surface area contributed by atoms with E-state index in [1.54, 1.807) is 0 Å². The molecule has 2 aromatic carbocycles. The van der Waals surface area contributed by atoms with Crippen molar-refractivity contribution in [1.29, 1.82) is 0 Å². The third kappa shape index (κ3) is 5.12. The molecular weight excluding hydrogens is 298 g/mol. The first kappa shape index (κ1) is 18.1. The van der Waals surface area contributed by atoms with Crippen molar-refractivity contribution < 1.29 is 9.53 Å². The quantitative estimate of drug-likeness (QED) is 0.824. The highest BCUT2D eigenvalue weighted by Crippen LogP contribution is 2.20. The summed E-state index contributed by atoms with van der Waals surface area (Å²) in [6.07, 6.45) is 0.920. The largest absolute Gasteiger partial charge is 0.480 e. The Hall–Kier alpha value is -2.29. The van der Waals surface area contributed by atoms with Crippen LogP contribution in [0.5, 0.6) is 5.75 Å². The second kappa shape index (κ2) is 8.00. The molecule has 0 aromatic heterocycles. The molecule has 3 nitrogen and oxygen atoms in total. The number of carbonyl (C=O) groups is 1. The number of hydrogen-bond donors (Lipinski definition) is 1. The zero-order valence-electron chi connectivity index (χ0n) is 15.0. The Balaban J connectivity index is 2.01. The van der Waals surface area contributed by atoms with E-state index in [2.05, 4.69) is 17.4 Å². The summed E-state index contributed by atoms with van der Waals surface area (Å²) in [6.45, 7) is 8.03. The Morgan fingerprint density at radius 1 is 1.08 bits per heavy atom. The van der Waals surface area contributed by atoms with Gasteiger partial charge in [-0.3, -0.25) is 4.79 Å². The van der Waals surface area contributed by atoms with Crippen LogP contribution in [-0.4, -0.2) is 17.6 Å². The van der Waals surface area contributed by atoms with Gasteiger partial charge in [0.1, 0.15) is 5.75 Å². The number of ether oxygens (including phenoxy) is 1. The van der Waals surface area contributed by atoms with Gasteiger partial charge in [0.25, 0.3) is 5.91 Å². The van der Waals surface area contributed by atoms with E-state index in [0.29, 0.717) is 6.42 Å². The number of rotatable bonds is 7. The Bertz CT molecular complexity index is 665. The molecule has 128 valence electrons. The molecule has 0 bridgehead atoms. The van der Waals surface area contributed by atoms with Crippen LogP contribution in [0.1, 0.15) is 38.3 Å². The number of amides is 1. The summed E-state index contributed by atoms with van der Waals surface area (Å²) in [5, 5.41) is 3.13. The van der Waals surface area contributed by atoms with Gasteiger partial charge in [0.15, 0.2) is 6.10 Å². The van der Waals surface area contributed by atoms with Crippen LogP contribution in [-0.2, 0) is 11.2 Å². The Kier molecular flexibility index (Phi) is 6.02.